The number of carbonyl (C=O) groups excluding carboxylic acids is 1. The summed E-state index contributed by atoms with van der Waals surface area (Å²) in [5, 5.41) is 0. The van der Waals surface area contributed by atoms with Crippen LogP contribution >= 0.6 is 0 Å². The molecule has 0 bridgehead atoms. The minimum atomic E-state index is -0.125. The Morgan fingerprint density at radius 2 is 2.12 bits per heavy atom. The number of carbonyl (C=O) groups is 1. The maximum absolute atomic E-state index is 11.4. The molecular weight excluding hydrogens is 204 g/mol. The fourth-order valence-corrected chi connectivity index (χ4v) is 3.89. The summed E-state index contributed by atoms with van der Waals surface area (Å²) >= 11 is 0. The van der Waals surface area contributed by atoms with Crippen LogP contribution in [0.3, 0.4) is 0 Å². The van der Waals surface area contributed by atoms with Crippen molar-refractivity contribution in [3.8, 4) is 0 Å². The molecule has 2 aliphatic carbocycles. The van der Waals surface area contributed by atoms with Gasteiger partial charge in [-0.2, -0.15) is 0 Å². The molecule has 0 aromatic heterocycles. The Balaban J connectivity index is 1.86. The van der Waals surface area contributed by atoms with Crippen molar-refractivity contribution < 1.29 is 14.3 Å². The fraction of sp³-hybridized carbons (Fsp3) is 0.923. The van der Waals surface area contributed by atoms with Crippen molar-refractivity contribution >= 4 is 5.78 Å². The molecule has 0 radical (unpaired) electrons. The van der Waals surface area contributed by atoms with Crippen LogP contribution in [0.1, 0.15) is 45.4 Å². The molecular formula is C13H20O3. The first kappa shape index (κ1) is 10.7. The molecule has 0 aromatic carbocycles. The van der Waals surface area contributed by atoms with E-state index in [-0.39, 0.29) is 11.2 Å². The van der Waals surface area contributed by atoms with Crippen molar-refractivity contribution in [3.05, 3.63) is 0 Å². The molecule has 3 fully saturated rings. The summed E-state index contributed by atoms with van der Waals surface area (Å²) in [5.74, 6) is 0.976. The van der Waals surface area contributed by atoms with Crippen molar-refractivity contribution in [2.75, 3.05) is 13.2 Å². The molecule has 2 atom stereocenters. The zero-order chi connectivity index (χ0) is 11.2. The Morgan fingerprint density at radius 1 is 1.38 bits per heavy atom. The zero-order valence-electron chi connectivity index (χ0n) is 9.96. The van der Waals surface area contributed by atoms with Gasteiger partial charge in [-0.05, 0) is 32.6 Å². The number of ketones is 1. The fourth-order valence-electron chi connectivity index (χ4n) is 3.89. The second-order valence-electron chi connectivity index (χ2n) is 5.40. The molecule has 3 heteroatoms. The molecule has 90 valence electrons. The van der Waals surface area contributed by atoms with Crippen molar-refractivity contribution in [1.82, 2.24) is 0 Å². The first-order valence-electron chi connectivity index (χ1n) is 6.52. The smallest absolute Gasteiger partial charge is 0.133 e. The van der Waals surface area contributed by atoms with Gasteiger partial charge in [0.2, 0.25) is 0 Å². The standard InChI is InChI=1S/C13H20O3/c1-2-15-13-8-3-10(13)9-16-12(13)6-4-11(14)5-7-12/h10H,2-9H2,1H3. The molecule has 3 rings (SSSR count). The van der Waals surface area contributed by atoms with Gasteiger partial charge in [0.05, 0.1) is 12.2 Å². The van der Waals surface area contributed by atoms with E-state index >= 15 is 0 Å². The largest absolute Gasteiger partial charge is 0.372 e. The van der Waals surface area contributed by atoms with E-state index in [1.165, 1.54) is 6.42 Å². The van der Waals surface area contributed by atoms with Gasteiger partial charge in [0.15, 0.2) is 0 Å². The lowest BCUT2D eigenvalue weighted by atomic mass is 9.59. The van der Waals surface area contributed by atoms with E-state index in [1.807, 2.05) is 0 Å². The van der Waals surface area contributed by atoms with Gasteiger partial charge in [0.25, 0.3) is 0 Å². The van der Waals surface area contributed by atoms with Gasteiger partial charge in [-0.1, -0.05) is 0 Å². The minimum absolute atomic E-state index is 0.0392. The summed E-state index contributed by atoms with van der Waals surface area (Å²) in [6, 6.07) is 0. The summed E-state index contributed by atoms with van der Waals surface area (Å²) in [6.45, 7) is 3.66. The Bertz CT molecular complexity index is 302. The Kier molecular flexibility index (Phi) is 2.37. The highest BCUT2D eigenvalue weighted by molar-refractivity contribution is 5.79. The van der Waals surface area contributed by atoms with E-state index in [9.17, 15) is 4.79 Å². The number of hydrogen-bond acceptors (Lipinski definition) is 3. The average Bonchev–Trinajstić information content (AvgIpc) is 2.45. The zero-order valence-corrected chi connectivity index (χ0v) is 9.96. The quantitative estimate of drug-likeness (QED) is 0.720. The number of rotatable bonds is 2. The SMILES string of the molecule is CCOC12CCC1COC21CCC(=O)CC1. The first-order chi connectivity index (χ1) is 7.72. The first-order valence-corrected chi connectivity index (χ1v) is 6.52. The third-order valence-corrected chi connectivity index (χ3v) is 4.87. The average molecular weight is 224 g/mol. The van der Waals surface area contributed by atoms with Gasteiger partial charge in [0.1, 0.15) is 11.4 Å². The highest BCUT2D eigenvalue weighted by Crippen LogP contribution is 2.59. The van der Waals surface area contributed by atoms with E-state index in [0.29, 0.717) is 24.5 Å². The van der Waals surface area contributed by atoms with Crippen LogP contribution < -0.4 is 0 Å². The molecule has 1 aliphatic heterocycles. The monoisotopic (exact) mass is 224 g/mol. The molecule has 3 aliphatic rings. The van der Waals surface area contributed by atoms with Gasteiger partial charge in [-0.3, -0.25) is 4.79 Å². The van der Waals surface area contributed by atoms with Crippen molar-refractivity contribution in [2.45, 2.75) is 56.7 Å². The van der Waals surface area contributed by atoms with Crippen LogP contribution in [0.2, 0.25) is 0 Å². The van der Waals surface area contributed by atoms with Crippen LogP contribution in [0, 0.1) is 5.92 Å². The third-order valence-electron chi connectivity index (χ3n) is 4.87. The Labute approximate surface area is 96.5 Å². The number of fused-ring (bicyclic) bond motifs is 2. The highest BCUT2D eigenvalue weighted by atomic mass is 16.6. The van der Waals surface area contributed by atoms with E-state index in [0.717, 1.165) is 32.5 Å². The van der Waals surface area contributed by atoms with E-state index in [4.69, 9.17) is 9.47 Å². The summed E-state index contributed by atoms with van der Waals surface area (Å²) in [5.41, 5.74) is -0.164. The molecule has 2 saturated carbocycles. The lowest BCUT2D eigenvalue weighted by molar-refractivity contribution is -0.206. The molecule has 3 nitrogen and oxygen atoms in total. The molecule has 0 N–H and O–H groups in total. The number of hydrogen-bond donors (Lipinski definition) is 0. The van der Waals surface area contributed by atoms with Gasteiger partial charge in [0, 0.05) is 25.4 Å². The normalized spacial score (nSPS) is 40.8. The lowest BCUT2D eigenvalue weighted by Crippen LogP contribution is -2.62. The van der Waals surface area contributed by atoms with Crippen LogP contribution in [-0.2, 0) is 14.3 Å². The second-order valence-corrected chi connectivity index (χ2v) is 5.40. The molecule has 0 aromatic rings. The summed E-state index contributed by atoms with van der Waals surface area (Å²) in [7, 11) is 0. The second kappa shape index (κ2) is 3.54. The van der Waals surface area contributed by atoms with Crippen molar-refractivity contribution in [2.24, 2.45) is 5.92 Å². The molecule has 1 heterocycles. The van der Waals surface area contributed by atoms with Crippen molar-refractivity contribution in [3.63, 3.8) is 0 Å². The van der Waals surface area contributed by atoms with Gasteiger partial charge in [-0.25, -0.2) is 0 Å². The summed E-state index contributed by atoms with van der Waals surface area (Å²) < 4.78 is 12.2. The molecule has 16 heavy (non-hydrogen) atoms. The molecule has 1 saturated heterocycles. The minimum Gasteiger partial charge on any atom is -0.372 e. The molecule has 0 amide bonds. The predicted octanol–water partition coefficient (Wildman–Crippen LogP) is 2.08. The van der Waals surface area contributed by atoms with Crippen LogP contribution in [0.25, 0.3) is 0 Å². The van der Waals surface area contributed by atoms with E-state index in [1.54, 1.807) is 0 Å². The number of ether oxygens (including phenoxy) is 2. The lowest BCUT2D eigenvalue weighted by Gasteiger charge is -2.53. The maximum Gasteiger partial charge on any atom is 0.133 e. The van der Waals surface area contributed by atoms with E-state index in [2.05, 4.69) is 6.92 Å². The van der Waals surface area contributed by atoms with Crippen molar-refractivity contribution in [1.29, 1.82) is 0 Å². The topological polar surface area (TPSA) is 35.5 Å². The van der Waals surface area contributed by atoms with Gasteiger partial charge >= 0.3 is 0 Å². The van der Waals surface area contributed by atoms with Crippen LogP contribution in [0.5, 0.6) is 0 Å². The predicted molar refractivity (Wildman–Crippen MR) is 59.2 cm³/mol. The molecule has 2 unspecified atom stereocenters. The van der Waals surface area contributed by atoms with E-state index < -0.39 is 0 Å². The Hall–Kier alpha value is -0.410. The van der Waals surface area contributed by atoms with Crippen LogP contribution in [-0.4, -0.2) is 30.2 Å². The highest BCUT2D eigenvalue weighted by Gasteiger charge is 2.67. The summed E-state index contributed by atoms with van der Waals surface area (Å²) in [6.07, 6.45) is 5.48. The van der Waals surface area contributed by atoms with Gasteiger partial charge in [-0.15, -0.1) is 0 Å². The molecule has 1 spiro atoms. The maximum atomic E-state index is 11.4. The third kappa shape index (κ3) is 1.19. The van der Waals surface area contributed by atoms with Crippen LogP contribution in [0.4, 0.5) is 0 Å². The number of Topliss-reactive ketones (excluding diaryl/α,β-unsaturated/α-hetero) is 1. The summed E-state index contributed by atoms with van der Waals surface area (Å²) in [4.78, 5) is 11.4. The Morgan fingerprint density at radius 3 is 2.69 bits per heavy atom. The van der Waals surface area contributed by atoms with Crippen LogP contribution in [0.15, 0.2) is 0 Å². The van der Waals surface area contributed by atoms with Gasteiger partial charge < -0.3 is 9.47 Å².